The summed E-state index contributed by atoms with van der Waals surface area (Å²) in [5.41, 5.74) is 0.912. The zero-order valence-corrected chi connectivity index (χ0v) is 12.4. The van der Waals surface area contributed by atoms with Crippen LogP contribution in [0.1, 0.15) is 12.0 Å². The van der Waals surface area contributed by atoms with Crippen LogP contribution in [-0.4, -0.2) is 49.1 Å². The van der Waals surface area contributed by atoms with Gasteiger partial charge in [0, 0.05) is 0 Å². The predicted octanol–water partition coefficient (Wildman–Crippen LogP) is 0.556. The SMILES string of the molecule is Cc1ccccc1OC[C@H](O)COC(=O)CCS(=O)(=O)O. The molecule has 0 saturated heterocycles. The minimum Gasteiger partial charge on any atom is -0.490 e. The summed E-state index contributed by atoms with van der Waals surface area (Å²) >= 11 is 0. The van der Waals surface area contributed by atoms with E-state index < -0.39 is 34.4 Å². The average molecular weight is 318 g/mol. The van der Waals surface area contributed by atoms with Crippen molar-refractivity contribution in [3.8, 4) is 5.75 Å². The van der Waals surface area contributed by atoms with Crippen molar-refractivity contribution in [2.45, 2.75) is 19.4 Å². The number of rotatable bonds is 8. The van der Waals surface area contributed by atoms with Crippen molar-refractivity contribution in [2.75, 3.05) is 19.0 Å². The van der Waals surface area contributed by atoms with E-state index in [-0.39, 0.29) is 13.2 Å². The van der Waals surface area contributed by atoms with Crippen LogP contribution in [0.3, 0.4) is 0 Å². The highest BCUT2D eigenvalue weighted by molar-refractivity contribution is 7.85. The third-order valence-corrected chi connectivity index (χ3v) is 3.25. The van der Waals surface area contributed by atoms with E-state index in [1.165, 1.54) is 0 Å². The van der Waals surface area contributed by atoms with Gasteiger partial charge in [-0.3, -0.25) is 9.35 Å². The van der Waals surface area contributed by atoms with E-state index in [1.807, 2.05) is 19.1 Å². The molecule has 7 nitrogen and oxygen atoms in total. The summed E-state index contributed by atoms with van der Waals surface area (Å²) in [6.07, 6.45) is -1.50. The number of aliphatic hydroxyl groups is 1. The number of benzene rings is 1. The van der Waals surface area contributed by atoms with E-state index in [0.29, 0.717) is 5.75 Å². The molecule has 0 spiro atoms. The minimum atomic E-state index is -4.20. The quantitative estimate of drug-likeness (QED) is 0.532. The molecular weight excluding hydrogens is 300 g/mol. The lowest BCUT2D eigenvalue weighted by molar-refractivity contribution is -0.146. The number of aryl methyl sites for hydroxylation is 1. The lowest BCUT2D eigenvalue weighted by atomic mass is 10.2. The maximum atomic E-state index is 11.2. The third-order valence-electron chi connectivity index (χ3n) is 2.53. The number of ether oxygens (including phenoxy) is 2. The van der Waals surface area contributed by atoms with Gasteiger partial charge in [-0.05, 0) is 18.6 Å². The van der Waals surface area contributed by atoms with Crippen molar-refractivity contribution in [1.82, 2.24) is 0 Å². The summed E-state index contributed by atoms with van der Waals surface area (Å²) in [6.45, 7) is 1.49. The molecule has 0 unspecified atom stereocenters. The first-order valence-corrected chi connectivity index (χ1v) is 7.86. The first-order valence-electron chi connectivity index (χ1n) is 6.25. The molecule has 0 radical (unpaired) electrons. The Hall–Kier alpha value is -1.64. The van der Waals surface area contributed by atoms with Crippen molar-refractivity contribution < 1.29 is 32.3 Å². The second kappa shape index (κ2) is 7.96. The molecule has 0 bridgehead atoms. The molecule has 1 atom stereocenters. The summed E-state index contributed by atoms with van der Waals surface area (Å²) in [4.78, 5) is 11.2. The van der Waals surface area contributed by atoms with Crippen LogP contribution in [0.15, 0.2) is 24.3 Å². The Bertz CT molecular complexity index is 568. The van der Waals surface area contributed by atoms with E-state index in [1.54, 1.807) is 12.1 Å². The van der Waals surface area contributed by atoms with Gasteiger partial charge in [-0.15, -0.1) is 0 Å². The van der Waals surface area contributed by atoms with Gasteiger partial charge >= 0.3 is 5.97 Å². The Morgan fingerprint density at radius 2 is 1.95 bits per heavy atom. The molecule has 0 aliphatic carbocycles. The second-order valence-corrected chi connectivity index (χ2v) is 6.02. The van der Waals surface area contributed by atoms with Gasteiger partial charge in [0.15, 0.2) is 0 Å². The Morgan fingerprint density at radius 3 is 2.57 bits per heavy atom. The van der Waals surface area contributed by atoms with E-state index in [2.05, 4.69) is 4.74 Å². The monoisotopic (exact) mass is 318 g/mol. The Morgan fingerprint density at radius 1 is 1.29 bits per heavy atom. The molecule has 0 saturated carbocycles. The van der Waals surface area contributed by atoms with Crippen molar-refractivity contribution >= 4 is 16.1 Å². The molecule has 0 amide bonds. The topological polar surface area (TPSA) is 110 Å². The highest BCUT2D eigenvalue weighted by Crippen LogP contribution is 2.16. The fourth-order valence-electron chi connectivity index (χ4n) is 1.43. The number of carbonyl (C=O) groups is 1. The van der Waals surface area contributed by atoms with Crippen LogP contribution in [0, 0.1) is 6.92 Å². The van der Waals surface area contributed by atoms with Crippen LogP contribution in [0.2, 0.25) is 0 Å². The van der Waals surface area contributed by atoms with Crippen molar-refractivity contribution in [3.63, 3.8) is 0 Å². The normalized spacial score (nSPS) is 12.7. The van der Waals surface area contributed by atoms with Crippen LogP contribution in [-0.2, 0) is 19.6 Å². The van der Waals surface area contributed by atoms with Gasteiger partial charge in [0.25, 0.3) is 10.1 Å². The molecule has 0 fully saturated rings. The van der Waals surface area contributed by atoms with Crippen LogP contribution >= 0.6 is 0 Å². The lowest BCUT2D eigenvalue weighted by Gasteiger charge is -2.14. The molecular formula is C13H18O7S. The maximum Gasteiger partial charge on any atom is 0.307 e. The Balaban J connectivity index is 2.27. The summed E-state index contributed by atoms with van der Waals surface area (Å²) in [5.74, 6) is -0.904. The molecule has 2 N–H and O–H groups in total. The maximum absolute atomic E-state index is 11.2. The second-order valence-electron chi connectivity index (χ2n) is 4.45. The number of esters is 1. The van der Waals surface area contributed by atoms with Crippen molar-refractivity contribution in [2.24, 2.45) is 0 Å². The largest absolute Gasteiger partial charge is 0.490 e. The molecule has 0 heterocycles. The summed E-state index contributed by atoms with van der Waals surface area (Å²) in [6, 6.07) is 7.26. The average Bonchev–Trinajstić information content (AvgIpc) is 2.41. The highest BCUT2D eigenvalue weighted by Gasteiger charge is 2.13. The standard InChI is InChI=1S/C13H18O7S/c1-10-4-2-3-5-12(10)19-8-11(14)9-20-13(15)6-7-21(16,17)18/h2-5,11,14H,6-9H2,1H3,(H,16,17,18)/t11-/m0/s1. The first kappa shape index (κ1) is 17.4. The number of hydrogen-bond donors (Lipinski definition) is 2. The molecule has 0 aromatic heterocycles. The summed E-state index contributed by atoms with van der Waals surface area (Å²) in [5, 5.41) is 9.61. The highest BCUT2D eigenvalue weighted by atomic mass is 32.2. The number of aliphatic hydroxyl groups excluding tert-OH is 1. The van der Waals surface area contributed by atoms with Crippen LogP contribution in [0.25, 0.3) is 0 Å². The summed E-state index contributed by atoms with van der Waals surface area (Å²) < 4.78 is 39.4. The van der Waals surface area contributed by atoms with Crippen LogP contribution < -0.4 is 4.74 Å². The van der Waals surface area contributed by atoms with Crippen molar-refractivity contribution in [3.05, 3.63) is 29.8 Å². The van der Waals surface area contributed by atoms with Gasteiger partial charge in [-0.25, -0.2) is 0 Å². The molecule has 0 aliphatic heterocycles. The molecule has 21 heavy (non-hydrogen) atoms. The van der Waals surface area contributed by atoms with E-state index in [0.717, 1.165) is 5.56 Å². The first-order chi connectivity index (χ1) is 9.78. The van der Waals surface area contributed by atoms with Crippen molar-refractivity contribution in [1.29, 1.82) is 0 Å². The van der Waals surface area contributed by atoms with Crippen LogP contribution in [0.4, 0.5) is 0 Å². The molecule has 118 valence electrons. The zero-order valence-electron chi connectivity index (χ0n) is 11.6. The minimum absolute atomic E-state index is 0.0591. The summed E-state index contributed by atoms with van der Waals surface area (Å²) in [7, 11) is -4.20. The number of hydrogen-bond acceptors (Lipinski definition) is 6. The third kappa shape index (κ3) is 7.64. The van der Waals surface area contributed by atoms with Gasteiger partial charge in [0.2, 0.25) is 0 Å². The van der Waals surface area contributed by atoms with Gasteiger partial charge < -0.3 is 14.6 Å². The van der Waals surface area contributed by atoms with E-state index in [4.69, 9.17) is 9.29 Å². The molecule has 1 rings (SSSR count). The smallest absolute Gasteiger partial charge is 0.307 e. The lowest BCUT2D eigenvalue weighted by Crippen LogP contribution is -2.26. The number of para-hydroxylation sites is 1. The fraction of sp³-hybridized carbons (Fsp3) is 0.462. The van der Waals surface area contributed by atoms with E-state index >= 15 is 0 Å². The van der Waals surface area contributed by atoms with Gasteiger partial charge in [-0.2, -0.15) is 8.42 Å². The predicted molar refractivity (Wildman–Crippen MR) is 74.7 cm³/mol. The van der Waals surface area contributed by atoms with E-state index in [9.17, 15) is 18.3 Å². The van der Waals surface area contributed by atoms with Gasteiger partial charge in [0.05, 0.1) is 12.2 Å². The Kier molecular flexibility index (Phi) is 6.60. The molecule has 1 aromatic rings. The molecule has 1 aromatic carbocycles. The van der Waals surface area contributed by atoms with Gasteiger partial charge in [0.1, 0.15) is 25.1 Å². The number of carbonyl (C=O) groups excluding carboxylic acids is 1. The zero-order chi connectivity index (χ0) is 15.9. The Labute approximate surface area is 123 Å². The molecule has 0 aliphatic rings. The van der Waals surface area contributed by atoms with Gasteiger partial charge in [-0.1, -0.05) is 18.2 Å². The van der Waals surface area contributed by atoms with Crippen LogP contribution in [0.5, 0.6) is 5.75 Å². The fourth-order valence-corrected chi connectivity index (χ4v) is 1.85. The molecule has 8 heteroatoms.